The largest absolute Gasteiger partial charge is 0.308 e. The van der Waals surface area contributed by atoms with E-state index in [1.165, 1.54) is 21.2 Å². The minimum atomic E-state index is 0.884. The van der Waals surface area contributed by atoms with Gasteiger partial charge in [-0.15, -0.1) is 0 Å². The van der Waals surface area contributed by atoms with Gasteiger partial charge < -0.3 is 4.90 Å². The van der Waals surface area contributed by atoms with Gasteiger partial charge in [0.05, 0.1) is 33.4 Å². The van der Waals surface area contributed by atoms with Gasteiger partial charge in [-0.2, -0.15) is 0 Å². The summed E-state index contributed by atoms with van der Waals surface area (Å²) < 4.78 is 4.50. The lowest BCUT2D eigenvalue weighted by molar-refractivity contribution is 1.10. The highest BCUT2D eigenvalue weighted by Crippen LogP contribution is 2.51. The van der Waals surface area contributed by atoms with Crippen molar-refractivity contribution in [1.82, 2.24) is 19.1 Å². The van der Waals surface area contributed by atoms with Crippen LogP contribution in [0.5, 0.6) is 0 Å². The van der Waals surface area contributed by atoms with Crippen molar-refractivity contribution in [2.24, 2.45) is 0 Å². The second-order valence-electron chi connectivity index (χ2n) is 12.3. The van der Waals surface area contributed by atoms with Crippen LogP contribution in [0.25, 0.3) is 56.2 Å². The molecule has 10 rings (SSSR count). The van der Waals surface area contributed by atoms with Gasteiger partial charge in [0, 0.05) is 38.0 Å². The molecule has 0 saturated heterocycles. The average Bonchev–Trinajstić information content (AvgIpc) is 3.75. The second-order valence-corrected chi connectivity index (χ2v) is 13.4. The minimum Gasteiger partial charge on any atom is -0.308 e. The van der Waals surface area contributed by atoms with Crippen LogP contribution in [0.2, 0.25) is 0 Å². The molecule has 50 heavy (non-hydrogen) atoms. The number of rotatable bonds is 5. The molecule has 3 heterocycles. The van der Waals surface area contributed by atoms with Gasteiger partial charge in [0.2, 0.25) is 0 Å². The molecule has 1 aliphatic rings. The van der Waals surface area contributed by atoms with Crippen LogP contribution >= 0.6 is 11.8 Å². The zero-order valence-electron chi connectivity index (χ0n) is 26.9. The molecule has 0 bridgehead atoms. The average molecular weight is 660 g/mol. The number of imidazole rings is 2. The van der Waals surface area contributed by atoms with E-state index in [-0.39, 0.29) is 0 Å². The fourth-order valence-electron chi connectivity index (χ4n) is 7.04. The van der Waals surface area contributed by atoms with Crippen LogP contribution in [0.4, 0.5) is 17.1 Å². The monoisotopic (exact) mass is 659 g/mol. The van der Waals surface area contributed by atoms with E-state index in [0.29, 0.717) is 0 Å². The number of benzene rings is 7. The van der Waals surface area contributed by atoms with Crippen molar-refractivity contribution in [3.63, 3.8) is 0 Å². The van der Waals surface area contributed by atoms with E-state index in [0.717, 1.165) is 61.9 Å². The molecule has 0 radical (unpaired) electrons. The molecule has 0 N–H and O–H groups in total. The highest BCUT2D eigenvalue weighted by molar-refractivity contribution is 7.99. The van der Waals surface area contributed by atoms with E-state index in [1.807, 2.05) is 23.9 Å². The highest BCUT2D eigenvalue weighted by atomic mass is 32.2. The molecular weight excluding hydrogens is 631 g/mol. The Morgan fingerprint density at radius 3 is 1.30 bits per heavy atom. The van der Waals surface area contributed by atoms with Crippen LogP contribution in [0.15, 0.2) is 186 Å². The summed E-state index contributed by atoms with van der Waals surface area (Å²) in [6, 6.07) is 61.7. The van der Waals surface area contributed by atoms with Crippen LogP contribution in [0, 0.1) is 0 Å². The number of fused-ring (bicyclic) bond motifs is 4. The second kappa shape index (κ2) is 11.7. The van der Waals surface area contributed by atoms with Crippen molar-refractivity contribution in [3.05, 3.63) is 176 Å². The summed E-state index contributed by atoms with van der Waals surface area (Å²) in [4.78, 5) is 15.4. The van der Waals surface area contributed by atoms with Gasteiger partial charge in [0.1, 0.15) is 11.6 Å². The van der Waals surface area contributed by atoms with Crippen molar-refractivity contribution >= 4 is 50.9 Å². The fraction of sp³-hybridized carbons (Fsp3) is 0. The van der Waals surface area contributed by atoms with E-state index in [2.05, 4.69) is 178 Å². The summed E-state index contributed by atoms with van der Waals surface area (Å²) in [5.74, 6) is 1.79. The Labute approximate surface area is 293 Å². The Morgan fingerprint density at radius 1 is 0.380 bits per heavy atom. The predicted octanol–water partition coefficient (Wildman–Crippen LogP) is 11.6. The molecule has 0 spiro atoms. The van der Waals surface area contributed by atoms with Crippen molar-refractivity contribution in [2.45, 2.75) is 9.79 Å². The summed E-state index contributed by atoms with van der Waals surface area (Å²) in [6.07, 6.45) is 0. The summed E-state index contributed by atoms with van der Waals surface area (Å²) in [6.45, 7) is 0. The van der Waals surface area contributed by atoms with Crippen LogP contribution in [0.1, 0.15) is 0 Å². The van der Waals surface area contributed by atoms with Crippen molar-refractivity contribution < 1.29 is 0 Å². The topological polar surface area (TPSA) is 38.9 Å². The summed E-state index contributed by atoms with van der Waals surface area (Å²) in [5.41, 5.74) is 11.6. The number of anilines is 3. The Morgan fingerprint density at radius 2 is 0.800 bits per heavy atom. The molecule has 0 saturated carbocycles. The first-order valence-corrected chi connectivity index (χ1v) is 17.5. The van der Waals surface area contributed by atoms with Gasteiger partial charge in [0.15, 0.2) is 0 Å². The van der Waals surface area contributed by atoms with E-state index in [1.54, 1.807) is 0 Å². The van der Waals surface area contributed by atoms with Crippen LogP contribution in [-0.2, 0) is 0 Å². The number of hydrogen-bond acceptors (Lipinski definition) is 4. The third-order valence-electron chi connectivity index (χ3n) is 9.31. The molecule has 1 aliphatic heterocycles. The molecule has 2 aromatic heterocycles. The van der Waals surface area contributed by atoms with Gasteiger partial charge in [0.25, 0.3) is 0 Å². The SMILES string of the molecule is c1ccc(-c2nc3cc4c(cc3n2-c2ccccc2)nc(-c2ccc(N3c5ccccc5Sc5ccccc53)cc2)n4-c2ccccc2)cc1. The highest BCUT2D eigenvalue weighted by Gasteiger charge is 2.25. The molecule has 0 atom stereocenters. The number of para-hydroxylation sites is 4. The Hall–Kier alpha value is -6.37. The molecular formula is C44H29N5S. The molecule has 9 aromatic rings. The van der Waals surface area contributed by atoms with E-state index in [4.69, 9.17) is 9.97 Å². The van der Waals surface area contributed by atoms with Gasteiger partial charge >= 0.3 is 0 Å². The Bertz CT molecular complexity index is 2620. The van der Waals surface area contributed by atoms with Crippen LogP contribution in [0.3, 0.4) is 0 Å². The molecule has 236 valence electrons. The third kappa shape index (κ3) is 4.65. The molecule has 0 amide bonds. The van der Waals surface area contributed by atoms with Crippen molar-refractivity contribution in [2.75, 3.05) is 4.90 Å². The Kier molecular flexibility index (Phi) is 6.67. The summed E-state index contributed by atoms with van der Waals surface area (Å²) >= 11 is 1.82. The molecule has 5 nitrogen and oxygen atoms in total. The first-order valence-electron chi connectivity index (χ1n) is 16.7. The van der Waals surface area contributed by atoms with Crippen LogP contribution in [-0.4, -0.2) is 19.1 Å². The predicted molar refractivity (Wildman–Crippen MR) is 205 cm³/mol. The fourth-order valence-corrected chi connectivity index (χ4v) is 8.10. The summed E-state index contributed by atoms with van der Waals surface area (Å²) in [5, 5.41) is 0. The maximum atomic E-state index is 5.35. The quantitative estimate of drug-likeness (QED) is 0.184. The van der Waals surface area contributed by atoms with Gasteiger partial charge in [-0.1, -0.05) is 103 Å². The number of nitrogens with zero attached hydrogens (tertiary/aromatic N) is 5. The van der Waals surface area contributed by atoms with E-state index < -0.39 is 0 Å². The zero-order chi connectivity index (χ0) is 33.0. The zero-order valence-corrected chi connectivity index (χ0v) is 27.7. The molecule has 7 aromatic carbocycles. The smallest absolute Gasteiger partial charge is 0.145 e. The standard InChI is InChI=1S/C44H29N5S/c1-4-14-30(15-5-1)43-45-35-28-40-36(29-39(35)48(43)32-16-6-2-7-17-32)46-44(49(40)33-18-8-3-9-19-33)31-24-26-34(27-25-31)47-37-20-10-12-22-41(37)50-42-23-13-11-21-38(42)47/h1-29H. The number of hydrogen-bond donors (Lipinski definition) is 0. The molecule has 0 aliphatic carbocycles. The van der Waals surface area contributed by atoms with Gasteiger partial charge in [-0.25, -0.2) is 9.97 Å². The van der Waals surface area contributed by atoms with Gasteiger partial charge in [-0.3, -0.25) is 9.13 Å². The van der Waals surface area contributed by atoms with Crippen LogP contribution < -0.4 is 4.90 Å². The summed E-state index contributed by atoms with van der Waals surface area (Å²) in [7, 11) is 0. The molecule has 0 unspecified atom stereocenters. The lowest BCUT2D eigenvalue weighted by atomic mass is 10.1. The maximum Gasteiger partial charge on any atom is 0.145 e. The maximum absolute atomic E-state index is 5.35. The first-order chi connectivity index (χ1) is 24.8. The minimum absolute atomic E-state index is 0.884. The van der Waals surface area contributed by atoms with Crippen molar-refractivity contribution in [3.8, 4) is 34.2 Å². The first kappa shape index (κ1) is 28.6. The van der Waals surface area contributed by atoms with Crippen molar-refractivity contribution in [1.29, 1.82) is 0 Å². The molecule has 0 fully saturated rings. The molecule has 6 heteroatoms. The normalized spacial score (nSPS) is 12.3. The van der Waals surface area contributed by atoms with Gasteiger partial charge in [-0.05, 0) is 84.9 Å². The number of aromatic nitrogens is 4. The lowest BCUT2D eigenvalue weighted by Gasteiger charge is -2.32. The Balaban J connectivity index is 1.16. The van der Waals surface area contributed by atoms with E-state index in [9.17, 15) is 0 Å². The lowest BCUT2D eigenvalue weighted by Crippen LogP contribution is -2.14. The van der Waals surface area contributed by atoms with E-state index >= 15 is 0 Å². The third-order valence-corrected chi connectivity index (χ3v) is 10.4.